The quantitative estimate of drug-likeness (QED) is 0.507. The molecule has 0 saturated carbocycles. The standard InChI is InChI=1S/C27H27N3O5S/c1-19-10-6-7-13-21(19)17-29(23(26(32)28-2)16-20-11-4-3-5-12-20)25(31)18-30-27(33)22-14-8-9-15-24(22)36(30,34)35/h3-15,23H,16-18H2,1-2H3,(H,28,32)/t23-/m1/s1. The van der Waals surface area contributed by atoms with Gasteiger partial charge in [-0.3, -0.25) is 14.4 Å². The molecule has 1 atom stereocenters. The molecule has 3 amide bonds. The highest BCUT2D eigenvalue weighted by Crippen LogP contribution is 2.30. The fraction of sp³-hybridized carbons (Fsp3) is 0.222. The van der Waals surface area contributed by atoms with Gasteiger partial charge >= 0.3 is 0 Å². The van der Waals surface area contributed by atoms with E-state index in [1.807, 2.05) is 61.5 Å². The van der Waals surface area contributed by atoms with E-state index in [2.05, 4.69) is 5.32 Å². The summed E-state index contributed by atoms with van der Waals surface area (Å²) in [5.74, 6) is -1.79. The molecule has 8 nitrogen and oxygen atoms in total. The Labute approximate surface area is 210 Å². The Morgan fingerprint density at radius 1 is 0.944 bits per heavy atom. The smallest absolute Gasteiger partial charge is 0.269 e. The van der Waals surface area contributed by atoms with Crippen LogP contribution in [0.2, 0.25) is 0 Å². The summed E-state index contributed by atoms with van der Waals surface area (Å²) >= 11 is 0. The first-order valence-corrected chi connectivity index (χ1v) is 12.9. The van der Waals surface area contributed by atoms with Gasteiger partial charge in [0, 0.05) is 20.0 Å². The largest absolute Gasteiger partial charge is 0.357 e. The van der Waals surface area contributed by atoms with E-state index in [-0.39, 0.29) is 29.3 Å². The summed E-state index contributed by atoms with van der Waals surface area (Å²) in [4.78, 5) is 40.9. The Morgan fingerprint density at radius 2 is 1.58 bits per heavy atom. The Kier molecular flexibility index (Phi) is 7.21. The van der Waals surface area contributed by atoms with Gasteiger partial charge in [0.05, 0.1) is 5.56 Å². The molecule has 36 heavy (non-hydrogen) atoms. The summed E-state index contributed by atoms with van der Waals surface area (Å²) in [6.45, 7) is 1.27. The van der Waals surface area contributed by atoms with E-state index in [0.717, 1.165) is 16.7 Å². The number of hydrogen-bond donors (Lipinski definition) is 1. The maximum Gasteiger partial charge on any atom is 0.269 e. The van der Waals surface area contributed by atoms with Gasteiger partial charge in [0.2, 0.25) is 11.8 Å². The summed E-state index contributed by atoms with van der Waals surface area (Å²) in [6, 6.07) is 21.7. The molecule has 9 heteroatoms. The number of nitrogens with zero attached hydrogens (tertiary/aromatic N) is 2. The van der Waals surface area contributed by atoms with Crippen molar-refractivity contribution in [2.75, 3.05) is 13.6 Å². The first-order valence-electron chi connectivity index (χ1n) is 11.5. The van der Waals surface area contributed by atoms with Crippen molar-refractivity contribution in [2.45, 2.75) is 30.8 Å². The predicted octanol–water partition coefficient (Wildman–Crippen LogP) is 2.53. The third kappa shape index (κ3) is 4.87. The van der Waals surface area contributed by atoms with Gasteiger partial charge in [-0.15, -0.1) is 0 Å². The fourth-order valence-corrected chi connectivity index (χ4v) is 5.81. The Morgan fingerprint density at radius 3 is 2.25 bits per heavy atom. The van der Waals surface area contributed by atoms with Crippen LogP contribution in [0.25, 0.3) is 0 Å². The second kappa shape index (κ2) is 10.3. The molecule has 4 rings (SSSR count). The molecule has 1 aliphatic heterocycles. The van der Waals surface area contributed by atoms with Gasteiger partial charge in [0.15, 0.2) is 0 Å². The van der Waals surface area contributed by atoms with Crippen molar-refractivity contribution in [1.82, 2.24) is 14.5 Å². The van der Waals surface area contributed by atoms with Crippen molar-refractivity contribution in [3.05, 3.63) is 101 Å². The van der Waals surface area contributed by atoms with E-state index in [1.165, 1.54) is 30.1 Å². The highest BCUT2D eigenvalue weighted by molar-refractivity contribution is 7.90. The number of sulfonamides is 1. The Balaban J connectivity index is 1.71. The average molecular weight is 506 g/mol. The van der Waals surface area contributed by atoms with Crippen LogP contribution in [0.3, 0.4) is 0 Å². The second-order valence-electron chi connectivity index (χ2n) is 8.58. The maximum atomic E-state index is 13.7. The van der Waals surface area contributed by atoms with Crippen molar-refractivity contribution in [3.63, 3.8) is 0 Å². The number of benzene rings is 3. The van der Waals surface area contributed by atoms with E-state index < -0.39 is 34.4 Å². The number of nitrogens with one attached hydrogen (secondary N) is 1. The van der Waals surface area contributed by atoms with Gasteiger partial charge in [-0.05, 0) is 35.7 Å². The average Bonchev–Trinajstić information content (AvgIpc) is 3.08. The Bertz CT molecular complexity index is 1410. The number of aryl methyl sites for hydroxylation is 1. The van der Waals surface area contributed by atoms with Crippen LogP contribution in [0.1, 0.15) is 27.0 Å². The number of fused-ring (bicyclic) bond motifs is 1. The molecule has 0 radical (unpaired) electrons. The summed E-state index contributed by atoms with van der Waals surface area (Å²) in [6.07, 6.45) is 0.221. The lowest BCUT2D eigenvalue weighted by atomic mass is 10.0. The van der Waals surface area contributed by atoms with Gasteiger partial charge in [0.25, 0.3) is 15.9 Å². The van der Waals surface area contributed by atoms with Crippen molar-refractivity contribution < 1.29 is 22.8 Å². The first-order chi connectivity index (χ1) is 17.2. The minimum absolute atomic E-state index is 0.0305. The summed E-state index contributed by atoms with van der Waals surface area (Å²) in [5.41, 5.74) is 2.60. The lowest BCUT2D eigenvalue weighted by Crippen LogP contribution is -2.52. The van der Waals surface area contributed by atoms with Crippen LogP contribution in [0.5, 0.6) is 0 Å². The first kappa shape index (κ1) is 25.1. The van der Waals surface area contributed by atoms with Crippen molar-refractivity contribution in [1.29, 1.82) is 0 Å². The molecule has 3 aromatic carbocycles. The fourth-order valence-electron chi connectivity index (χ4n) is 4.29. The number of likely N-dealkylation sites (N-methyl/N-ethyl adjacent to an activating group) is 1. The lowest BCUT2D eigenvalue weighted by molar-refractivity contribution is -0.141. The van der Waals surface area contributed by atoms with Gasteiger partial charge in [0.1, 0.15) is 17.5 Å². The minimum Gasteiger partial charge on any atom is -0.357 e. The highest BCUT2D eigenvalue weighted by Gasteiger charge is 2.43. The van der Waals surface area contributed by atoms with Crippen LogP contribution in [-0.2, 0) is 32.6 Å². The zero-order chi connectivity index (χ0) is 25.9. The van der Waals surface area contributed by atoms with Crippen molar-refractivity contribution in [3.8, 4) is 0 Å². The summed E-state index contributed by atoms with van der Waals surface area (Å²) in [7, 11) is -2.69. The monoisotopic (exact) mass is 505 g/mol. The normalized spacial score (nSPS) is 14.7. The van der Waals surface area contributed by atoms with Gasteiger partial charge in [-0.2, -0.15) is 0 Å². The molecule has 3 aromatic rings. The molecule has 0 fully saturated rings. The van der Waals surface area contributed by atoms with Crippen LogP contribution < -0.4 is 5.32 Å². The van der Waals surface area contributed by atoms with Crippen LogP contribution in [0.4, 0.5) is 0 Å². The van der Waals surface area contributed by atoms with E-state index in [1.54, 1.807) is 6.07 Å². The number of carbonyl (C=O) groups is 3. The van der Waals surface area contributed by atoms with E-state index in [4.69, 9.17) is 0 Å². The molecule has 0 unspecified atom stereocenters. The molecule has 0 bridgehead atoms. The molecule has 1 heterocycles. The molecular weight excluding hydrogens is 478 g/mol. The molecular formula is C27H27N3O5S. The molecule has 0 aliphatic carbocycles. The second-order valence-corrected chi connectivity index (χ2v) is 10.4. The van der Waals surface area contributed by atoms with Crippen LogP contribution in [0, 0.1) is 6.92 Å². The lowest BCUT2D eigenvalue weighted by Gasteiger charge is -2.32. The topological polar surface area (TPSA) is 104 Å². The van der Waals surface area contributed by atoms with E-state index >= 15 is 0 Å². The molecule has 0 spiro atoms. The molecule has 0 saturated heterocycles. The number of amides is 3. The number of carbonyl (C=O) groups excluding carboxylic acids is 3. The van der Waals surface area contributed by atoms with Crippen molar-refractivity contribution >= 4 is 27.7 Å². The highest BCUT2D eigenvalue weighted by atomic mass is 32.2. The summed E-state index contributed by atoms with van der Waals surface area (Å²) < 4.78 is 26.7. The molecule has 1 aliphatic rings. The van der Waals surface area contributed by atoms with E-state index in [0.29, 0.717) is 4.31 Å². The molecule has 0 aromatic heterocycles. The third-order valence-electron chi connectivity index (χ3n) is 6.31. The number of rotatable bonds is 8. The van der Waals surface area contributed by atoms with Crippen LogP contribution in [0.15, 0.2) is 83.8 Å². The third-order valence-corrected chi connectivity index (χ3v) is 8.10. The van der Waals surface area contributed by atoms with Gasteiger partial charge in [-0.1, -0.05) is 66.7 Å². The minimum atomic E-state index is -4.18. The van der Waals surface area contributed by atoms with Crippen LogP contribution >= 0.6 is 0 Å². The predicted molar refractivity (Wildman–Crippen MR) is 134 cm³/mol. The van der Waals surface area contributed by atoms with Crippen molar-refractivity contribution in [2.24, 2.45) is 0 Å². The molecule has 186 valence electrons. The van der Waals surface area contributed by atoms with Crippen LogP contribution in [-0.4, -0.2) is 55.0 Å². The maximum absolute atomic E-state index is 13.7. The van der Waals surface area contributed by atoms with Gasteiger partial charge < -0.3 is 10.2 Å². The zero-order valence-electron chi connectivity index (χ0n) is 20.0. The summed E-state index contributed by atoms with van der Waals surface area (Å²) in [5, 5.41) is 2.62. The SMILES string of the molecule is CNC(=O)[C@@H](Cc1ccccc1)N(Cc1ccccc1C)C(=O)CN1C(=O)c2ccccc2S1(=O)=O. The molecule has 1 N–H and O–H groups in total. The zero-order valence-corrected chi connectivity index (χ0v) is 20.9. The number of hydrogen-bond acceptors (Lipinski definition) is 5. The Hall–Kier alpha value is -3.98. The van der Waals surface area contributed by atoms with Gasteiger partial charge in [-0.25, -0.2) is 12.7 Å². The van der Waals surface area contributed by atoms with E-state index in [9.17, 15) is 22.8 Å².